The van der Waals surface area contributed by atoms with Crippen molar-refractivity contribution in [3.8, 4) is 0 Å². The lowest BCUT2D eigenvalue weighted by molar-refractivity contribution is 0.0252. The average molecular weight is 241 g/mol. The van der Waals surface area contributed by atoms with Gasteiger partial charge in [0.1, 0.15) is 0 Å². The zero-order valence-electron chi connectivity index (χ0n) is 10.9. The van der Waals surface area contributed by atoms with Gasteiger partial charge in [0.05, 0.1) is 11.8 Å². The summed E-state index contributed by atoms with van der Waals surface area (Å²) in [7, 11) is 3.55. The molecule has 1 heterocycles. The fraction of sp³-hybridized carbons (Fsp3) is 0.750. The van der Waals surface area contributed by atoms with Gasteiger partial charge in [0.2, 0.25) is 0 Å². The molecule has 1 aromatic heterocycles. The van der Waals surface area contributed by atoms with Crippen molar-refractivity contribution in [2.45, 2.75) is 25.4 Å². The van der Waals surface area contributed by atoms with E-state index in [1.54, 1.807) is 11.8 Å². The normalized spacial score (nSPS) is 14.8. The fourth-order valence-corrected chi connectivity index (χ4v) is 1.60. The molecule has 0 aliphatic heterocycles. The molecule has 0 radical (unpaired) electrons. The zero-order chi connectivity index (χ0) is 12.7. The van der Waals surface area contributed by atoms with Crippen molar-refractivity contribution in [1.29, 1.82) is 0 Å². The first-order valence-corrected chi connectivity index (χ1v) is 5.93. The first-order valence-electron chi connectivity index (χ1n) is 5.93. The number of aryl methyl sites for hydroxylation is 1. The summed E-state index contributed by atoms with van der Waals surface area (Å²) in [6, 6.07) is 0. The van der Waals surface area contributed by atoms with E-state index >= 15 is 0 Å². The second kappa shape index (κ2) is 6.74. The molecule has 0 bridgehead atoms. The maximum atomic E-state index is 9.99. The third-order valence-corrected chi connectivity index (χ3v) is 2.70. The van der Waals surface area contributed by atoms with Crippen LogP contribution < -0.4 is 5.32 Å². The van der Waals surface area contributed by atoms with E-state index in [1.807, 2.05) is 26.4 Å². The smallest absolute Gasteiger partial charge is 0.0765 e. The number of nitrogens with zero attached hydrogens (tertiary/aromatic N) is 2. The Morgan fingerprint density at radius 1 is 1.59 bits per heavy atom. The van der Waals surface area contributed by atoms with Crippen LogP contribution in [0.5, 0.6) is 0 Å². The zero-order valence-corrected chi connectivity index (χ0v) is 10.9. The summed E-state index contributed by atoms with van der Waals surface area (Å²) in [5.41, 5.74) is 0.502. The highest BCUT2D eigenvalue weighted by Gasteiger charge is 2.18. The van der Waals surface area contributed by atoms with Crippen LogP contribution in [0.2, 0.25) is 0 Å². The Balaban J connectivity index is 2.15. The topological polar surface area (TPSA) is 59.3 Å². The molecule has 1 aromatic rings. The van der Waals surface area contributed by atoms with Crippen molar-refractivity contribution >= 4 is 0 Å². The molecular formula is C12H23N3O2. The molecule has 0 spiro atoms. The molecule has 5 nitrogen and oxygen atoms in total. The van der Waals surface area contributed by atoms with Crippen molar-refractivity contribution < 1.29 is 9.84 Å². The van der Waals surface area contributed by atoms with Crippen molar-refractivity contribution in [2.24, 2.45) is 7.05 Å². The molecule has 1 unspecified atom stereocenters. The largest absolute Gasteiger partial charge is 0.389 e. The lowest BCUT2D eigenvalue weighted by atomic mass is 10.0. The molecule has 98 valence electrons. The molecule has 1 atom stereocenters. The maximum Gasteiger partial charge on any atom is 0.0765 e. The highest BCUT2D eigenvalue weighted by atomic mass is 16.5. The minimum Gasteiger partial charge on any atom is -0.389 e. The molecule has 0 aliphatic rings. The van der Waals surface area contributed by atoms with E-state index in [0.717, 1.165) is 13.0 Å². The van der Waals surface area contributed by atoms with Crippen LogP contribution in [-0.4, -0.2) is 47.3 Å². The number of hydrogen-bond donors (Lipinski definition) is 2. The minimum absolute atomic E-state index is 0.580. The molecule has 2 N–H and O–H groups in total. The summed E-state index contributed by atoms with van der Waals surface area (Å²) in [4.78, 5) is 0. The maximum absolute atomic E-state index is 9.99. The van der Waals surface area contributed by atoms with Gasteiger partial charge in [-0.2, -0.15) is 5.10 Å². The number of ether oxygens (including phenoxy) is 1. The van der Waals surface area contributed by atoms with Crippen LogP contribution in [0.3, 0.4) is 0 Å². The van der Waals surface area contributed by atoms with Crippen molar-refractivity contribution in [3.05, 3.63) is 18.0 Å². The number of aliphatic hydroxyl groups is 1. The van der Waals surface area contributed by atoms with E-state index in [-0.39, 0.29) is 0 Å². The Labute approximate surface area is 103 Å². The van der Waals surface area contributed by atoms with Gasteiger partial charge < -0.3 is 15.2 Å². The lowest BCUT2D eigenvalue weighted by Crippen LogP contribution is -2.39. The third-order valence-electron chi connectivity index (χ3n) is 2.70. The molecule has 0 amide bonds. The second-order valence-corrected chi connectivity index (χ2v) is 4.69. The SMILES string of the molecule is COCCC(C)(O)CNCCc1cnn(C)c1. The number of methoxy groups -OCH3 is 1. The van der Waals surface area contributed by atoms with E-state index in [0.29, 0.717) is 19.6 Å². The molecule has 1 rings (SSSR count). The summed E-state index contributed by atoms with van der Waals surface area (Å²) >= 11 is 0. The van der Waals surface area contributed by atoms with Gasteiger partial charge in [0, 0.05) is 39.9 Å². The third kappa shape index (κ3) is 5.81. The van der Waals surface area contributed by atoms with Crippen LogP contribution in [0, 0.1) is 0 Å². The van der Waals surface area contributed by atoms with Crippen LogP contribution in [0.1, 0.15) is 18.9 Å². The molecular weight excluding hydrogens is 218 g/mol. The van der Waals surface area contributed by atoms with Crippen LogP contribution >= 0.6 is 0 Å². The average Bonchev–Trinajstić information content (AvgIpc) is 2.68. The van der Waals surface area contributed by atoms with Gasteiger partial charge >= 0.3 is 0 Å². The summed E-state index contributed by atoms with van der Waals surface area (Å²) < 4.78 is 6.75. The first kappa shape index (κ1) is 14.2. The molecule has 17 heavy (non-hydrogen) atoms. The molecule has 0 saturated heterocycles. The molecule has 0 saturated carbocycles. The fourth-order valence-electron chi connectivity index (χ4n) is 1.60. The Morgan fingerprint density at radius 3 is 2.94 bits per heavy atom. The van der Waals surface area contributed by atoms with Crippen molar-refractivity contribution in [3.63, 3.8) is 0 Å². The van der Waals surface area contributed by atoms with E-state index < -0.39 is 5.60 Å². The van der Waals surface area contributed by atoms with E-state index in [4.69, 9.17) is 4.74 Å². The van der Waals surface area contributed by atoms with Crippen molar-refractivity contribution in [1.82, 2.24) is 15.1 Å². The van der Waals surface area contributed by atoms with Crippen LogP contribution in [0.25, 0.3) is 0 Å². The van der Waals surface area contributed by atoms with Gasteiger partial charge in [0.15, 0.2) is 0 Å². The minimum atomic E-state index is -0.703. The lowest BCUT2D eigenvalue weighted by Gasteiger charge is -2.23. The predicted octanol–water partition coefficient (Wildman–Crippen LogP) is 0.340. The summed E-state index contributed by atoms with van der Waals surface area (Å²) in [6.07, 6.45) is 5.44. The van der Waals surface area contributed by atoms with E-state index in [1.165, 1.54) is 5.56 Å². The molecule has 0 aliphatic carbocycles. The quantitative estimate of drug-likeness (QED) is 0.644. The Kier molecular flexibility index (Phi) is 5.61. The van der Waals surface area contributed by atoms with Gasteiger partial charge in [-0.25, -0.2) is 0 Å². The van der Waals surface area contributed by atoms with Gasteiger partial charge in [0.25, 0.3) is 0 Å². The Hall–Kier alpha value is -0.910. The molecule has 0 aromatic carbocycles. The summed E-state index contributed by atoms with van der Waals surface area (Å²) in [5, 5.41) is 17.3. The Bertz CT molecular complexity index is 323. The summed E-state index contributed by atoms with van der Waals surface area (Å²) in [5.74, 6) is 0. The molecule has 0 fully saturated rings. The summed E-state index contributed by atoms with van der Waals surface area (Å²) in [6.45, 7) is 3.83. The standard InChI is InChI=1S/C12H23N3O2/c1-12(16,5-7-17-3)10-13-6-4-11-8-14-15(2)9-11/h8-9,13,16H,4-7,10H2,1-3H3. The van der Waals surface area contributed by atoms with Gasteiger partial charge in [-0.05, 0) is 25.5 Å². The predicted molar refractivity (Wildman–Crippen MR) is 66.9 cm³/mol. The van der Waals surface area contributed by atoms with E-state index in [2.05, 4.69) is 10.4 Å². The van der Waals surface area contributed by atoms with E-state index in [9.17, 15) is 5.11 Å². The highest BCUT2D eigenvalue weighted by Crippen LogP contribution is 2.07. The van der Waals surface area contributed by atoms with Gasteiger partial charge in [-0.1, -0.05) is 0 Å². The molecule has 5 heteroatoms. The highest BCUT2D eigenvalue weighted by molar-refractivity contribution is 5.03. The van der Waals surface area contributed by atoms with Crippen LogP contribution in [-0.2, 0) is 18.2 Å². The van der Waals surface area contributed by atoms with Gasteiger partial charge in [-0.15, -0.1) is 0 Å². The number of hydrogen-bond acceptors (Lipinski definition) is 4. The second-order valence-electron chi connectivity index (χ2n) is 4.69. The van der Waals surface area contributed by atoms with Gasteiger partial charge in [-0.3, -0.25) is 4.68 Å². The number of nitrogens with one attached hydrogen (secondary N) is 1. The number of aromatic nitrogens is 2. The first-order chi connectivity index (χ1) is 8.03. The number of rotatable bonds is 8. The van der Waals surface area contributed by atoms with Crippen LogP contribution in [0.15, 0.2) is 12.4 Å². The van der Waals surface area contributed by atoms with Crippen LogP contribution in [0.4, 0.5) is 0 Å². The monoisotopic (exact) mass is 241 g/mol. The Morgan fingerprint density at radius 2 is 2.35 bits per heavy atom. The van der Waals surface area contributed by atoms with Crippen molar-refractivity contribution in [2.75, 3.05) is 26.8 Å².